The highest BCUT2D eigenvalue weighted by atomic mass is 19.4. The SMILES string of the molecule is CN(C(=O)C(F)(F)F)c1ccccc1C1CCNc2c(C#N)c(-c3ccc(Oc4ccc(F)cc4)cc3)nn21. The second-order valence-electron chi connectivity index (χ2n) is 8.86. The summed E-state index contributed by atoms with van der Waals surface area (Å²) in [5.41, 5.74) is 1.87. The number of ether oxygens (including phenoxy) is 1. The van der Waals surface area contributed by atoms with E-state index in [0.717, 1.165) is 7.05 Å². The van der Waals surface area contributed by atoms with E-state index in [2.05, 4.69) is 11.4 Å². The van der Waals surface area contributed by atoms with Gasteiger partial charge in [0.15, 0.2) is 0 Å². The molecule has 4 aromatic rings. The number of halogens is 4. The van der Waals surface area contributed by atoms with Crippen molar-refractivity contribution in [2.24, 2.45) is 0 Å². The van der Waals surface area contributed by atoms with Gasteiger partial charge in [0.1, 0.15) is 40.5 Å². The summed E-state index contributed by atoms with van der Waals surface area (Å²) in [6, 6.07) is 20.4. The molecule has 0 bridgehead atoms. The predicted octanol–water partition coefficient (Wildman–Crippen LogP) is 6.28. The van der Waals surface area contributed by atoms with Gasteiger partial charge in [0.25, 0.3) is 0 Å². The van der Waals surface area contributed by atoms with Crippen LogP contribution in [0.1, 0.15) is 23.6 Å². The van der Waals surface area contributed by atoms with Gasteiger partial charge in [0.2, 0.25) is 0 Å². The number of hydrogen-bond acceptors (Lipinski definition) is 5. The standard InChI is InChI=1S/C28H21F4N5O2/c1-36(27(38)28(30,31)32)23-5-3-2-4-21(23)24-14-15-34-26-22(16-33)25(35-37(24)26)17-6-10-19(11-7-17)39-20-12-8-18(29)9-13-20/h2-13,24,34H,14-15H2,1H3. The number of nitrogens with one attached hydrogen (secondary N) is 1. The largest absolute Gasteiger partial charge is 0.471 e. The highest BCUT2D eigenvalue weighted by Crippen LogP contribution is 2.40. The number of hydrogen-bond donors (Lipinski definition) is 1. The van der Waals surface area contributed by atoms with E-state index in [1.54, 1.807) is 47.1 Å². The number of aromatic nitrogens is 2. The number of carbonyl (C=O) groups excluding carboxylic acids is 1. The van der Waals surface area contributed by atoms with Crippen LogP contribution in [-0.4, -0.2) is 35.5 Å². The number of nitrogens with zero attached hydrogens (tertiary/aromatic N) is 4. The van der Waals surface area contributed by atoms with E-state index in [0.29, 0.717) is 52.0 Å². The summed E-state index contributed by atoms with van der Waals surface area (Å²) in [6.45, 7) is 0.445. The third-order valence-electron chi connectivity index (χ3n) is 6.41. The van der Waals surface area contributed by atoms with Crippen LogP contribution in [0.4, 0.5) is 29.1 Å². The van der Waals surface area contributed by atoms with Crippen molar-refractivity contribution in [1.82, 2.24) is 9.78 Å². The summed E-state index contributed by atoms with van der Waals surface area (Å²) in [6.07, 6.45) is -4.56. The number of fused-ring (bicyclic) bond motifs is 1. The van der Waals surface area contributed by atoms with Crippen molar-refractivity contribution >= 4 is 17.4 Å². The summed E-state index contributed by atoms with van der Waals surface area (Å²) < 4.78 is 60.0. The summed E-state index contributed by atoms with van der Waals surface area (Å²) in [7, 11) is 1.08. The number of para-hydroxylation sites is 1. The lowest BCUT2D eigenvalue weighted by molar-refractivity contribution is -0.170. The molecule has 11 heteroatoms. The molecule has 1 aliphatic heterocycles. The molecule has 39 heavy (non-hydrogen) atoms. The van der Waals surface area contributed by atoms with E-state index >= 15 is 0 Å². The zero-order valence-electron chi connectivity index (χ0n) is 20.5. The minimum absolute atomic E-state index is 0.107. The predicted molar refractivity (Wildman–Crippen MR) is 136 cm³/mol. The normalized spacial score (nSPS) is 14.6. The van der Waals surface area contributed by atoms with Crippen molar-refractivity contribution in [1.29, 1.82) is 5.26 Å². The summed E-state index contributed by atoms with van der Waals surface area (Å²) >= 11 is 0. The molecular weight excluding hydrogens is 514 g/mol. The van der Waals surface area contributed by atoms with Gasteiger partial charge >= 0.3 is 12.1 Å². The molecule has 1 amide bonds. The second-order valence-corrected chi connectivity index (χ2v) is 8.86. The lowest BCUT2D eigenvalue weighted by Gasteiger charge is -2.30. The summed E-state index contributed by atoms with van der Waals surface area (Å²) in [5, 5.41) is 17.9. The van der Waals surface area contributed by atoms with Crippen molar-refractivity contribution in [3.05, 3.63) is 89.7 Å². The first-order valence-corrected chi connectivity index (χ1v) is 11.9. The van der Waals surface area contributed by atoms with E-state index in [1.807, 2.05) is 0 Å². The monoisotopic (exact) mass is 535 g/mol. The third-order valence-corrected chi connectivity index (χ3v) is 6.41. The lowest BCUT2D eigenvalue weighted by atomic mass is 9.99. The first kappa shape index (κ1) is 25.8. The Hall–Kier alpha value is -4.85. The van der Waals surface area contributed by atoms with E-state index in [-0.39, 0.29) is 17.1 Å². The topological polar surface area (TPSA) is 83.2 Å². The smallest absolute Gasteiger partial charge is 0.457 e. The summed E-state index contributed by atoms with van der Waals surface area (Å²) in [5.74, 6) is -0.964. The first-order valence-electron chi connectivity index (χ1n) is 11.9. The average Bonchev–Trinajstić information content (AvgIpc) is 3.32. The van der Waals surface area contributed by atoms with Crippen LogP contribution in [0.3, 0.4) is 0 Å². The fourth-order valence-electron chi connectivity index (χ4n) is 4.57. The number of alkyl halides is 3. The number of anilines is 2. The molecule has 0 saturated heterocycles. The first-order chi connectivity index (χ1) is 18.7. The van der Waals surface area contributed by atoms with Crippen molar-refractivity contribution in [2.45, 2.75) is 18.6 Å². The van der Waals surface area contributed by atoms with E-state index < -0.39 is 18.1 Å². The zero-order chi connectivity index (χ0) is 27.7. The van der Waals surface area contributed by atoms with Crippen LogP contribution in [0, 0.1) is 17.1 Å². The fraction of sp³-hybridized carbons (Fsp3) is 0.179. The van der Waals surface area contributed by atoms with Gasteiger partial charge in [-0.05, 0) is 61.0 Å². The Morgan fingerprint density at radius 1 is 1.08 bits per heavy atom. The highest BCUT2D eigenvalue weighted by molar-refractivity contribution is 5.97. The Balaban J connectivity index is 1.50. The molecule has 0 spiro atoms. The van der Waals surface area contributed by atoms with Crippen molar-refractivity contribution in [3.63, 3.8) is 0 Å². The highest BCUT2D eigenvalue weighted by Gasteiger charge is 2.42. The number of amides is 1. The molecule has 198 valence electrons. The van der Waals surface area contributed by atoms with Crippen LogP contribution in [0.25, 0.3) is 11.3 Å². The maximum Gasteiger partial charge on any atom is 0.471 e. The average molecular weight is 536 g/mol. The minimum Gasteiger partial charge on any atom is -0.457 e. The maximum absolute atomic E-state index is 13.2. The molecule has 0 fully saturated rings. The Labute approximate surface area is 220 Å². The molecule has 1 unspecified atom stereocenters. The fourth-order valence-corrected chi connectivity index (χ4v) is 4.57. The van der Waals surface area contributed by atoms with Gasteiger partial charge in [-0.25, -0.2) is 9.07 Å². The molecule has 7 nitrogen and oxygen atoms in total. The van der Waals surface area contributed by atoms with E-state index in [4.69, 9.17) is 9.84 Å². The van der Waals surface area contributed by atoms with Crippen LogP contribution in [0.15, 0.2) is 72.8 Å². The third kappa shape index (κ3) is 5.01. The molecule has 0 radical (unpaired) electrons. The van der Waals surface area contributed by atoms with Gasteiger partial charge in [-0.3, -0.25) is 4.79 Å². The van der Waals surface area contributed by atoms with Gasteiger partial charge in [-0.1, -0.05) is 18.2 Å². The Kier molecular flexibility index (Phi) is 6.70. The number of rotatable bonds is 5. The molecule has 1 atom stereocenters. The van der Waals surface area contributed by atoms with Gasteiger partial charge < -0.3 is 15.0 Å². The molecule has 5 rings (SSSR count). The molecule has 2 heterocycles. The van der Waals surface area contributed by atoms with Crippen LogP contribution in [-0.2, 0) is 4.79 Å². The van der Waals surface area contributed by atoms with Crippen LogP contribution in [0.2, 0.25) is 0 Å². The van der Waals surface area contributed by atoms with Gasteiger partial charge in [-0.2, -0.15) is 23.5 Å². The molecule has 0 saturated carbocycles. The van der Waals surface area contributed by atoms with Gasteiger partial charge in [0, 0.05) is 30.4 Å². The Morgan fingerprint density at radius 2 is 1.72 bits per heavy atom. The van der Waals surface area contributed by atoms with Gasteiger partial charge in [-0.15, -0.1) is 0 Å². The van der Waals surface area contributed by atoms with Crippen molar-refractivity contribution in [2.75, 3.05) is 23.8 Å². The molecule has 1 aromatic heterocycles. The Morgan fingerprint density at radius 3 is 2.36 bits per heavy atom. The second kappa shape index (κ2) is 10.1. The minimum atomic E-state index is -5.03. The van der Waals surface area contributed by atoms with Crippen LogP contribution < -0.4 is 15.0 Å². The van der Waals surface area contributed by atoms with E-state index in [1.165, 1.54) is 30.3 Å². The Bertz CT molecular complexity index is 1560. The van der Waals surface area contributed by atoms with Crippen molar-refractivity contribution in [3.8, 4) is 28.8 Å². The molecule has 1 N–H and O–H groups in total. The van der Waals surface area contributed by atoms with Crippen LogP contribution in [0.5, 0.6) is 11.5 Å². The quantitative estimate of drug-likeness (QED) is 0.304. The molecular formula is C28H21F4N5O2. The molecule has 3 aromatic carbocycles. The lowest BCUT2D eigenvalue weighted by Crippen LogP contribution is -2.39. The molecule has 1 aliphatic rings. The zero-order valence-corrected chi connectivity index (χ0v) is 20.5. The number of benzene rings is 3. The summed E-state index contributed by atoms with van der Waals surface area (Å²) in [4.78, 5) is 12.6. The van der Waals surface area contributed by atoms with Crippen molar-refractivity contribution < 1.29 is 27.1 Å². The van der Waals surface area contributed by atoms with Gasteiger partial charge in [0.05, 0.1) is 6.04 Å². The molecule has 0 aliphatic carbocycles. The van der Waals surface area contributed by atoms with Crippen LogP contribution >= 0.6 is 0 Å². The van der Waals surface area contributed by atoms with E-state index in [9.17, 15) is 27.6 Å². The number of nitriles is 1. The maximum atomic E-state index is 13.2. The number of carbonyl (C=O) groups is 1.